The van der Waals surface area contributed by atoms with Gasteiger partial charge in [-0.15, -0.1) is 0 Å². The first-order valence-electron chi connectivity index (χ1n) is 5.97. The number of nitrogens with one attached hydrogen (secondary N) is 1. The number of carbonyl (C=O) groups excluding carboxylic acids is 1. The summed E-state index contributed by atoms with van der Waals surface area (Å²) in [7, 11) is 1.59. The standard InChI is InChI=1S/C15H13Cl2NO2/c1-20-11-7-5-10(6-8-11)18-15(19)9-12-13(16)3-2-4-14(12)17/h2-8H,9H2,1H3,(H,18,19). The number of hydrogen-bond donors (Lipinski definition) is 1. The molecule has 0 bridgehead atoms. The van der Waals surface area contributed by atoms with Crippen molar-refractivity contribution in [3.05, 3.63) is 58.1 Å². The van der Waals surface area contributed by atoms with E-state index in [1.807, 2.05) is 0 Å². The molecule has 2 aromatic rings. The van der Waals surface area contributed by atoms with Gasteiger partial charge in [-0.1, -0.05) is 29.3 Å². The molecule has 20 heavy (non-hydrogen) atoms. The number of carbonyl (C=O) groups is 1. The molecule has 0 aliphatic heterocycles. The lowest BCUT2D eigenvalue weighted by Crippen LogP contribution is -2.14. The molecule has 0 saturated carbocycles. The summed E-state index contributed by atoms with van der Waals surface area (Å²) >= 11 is 12.1. The number of anilines is 1. The topological polar surface area (TPSA) is 38.3 Å². The fourth-order valence-electron chi connectivity index (χ4n) is 1.74. The van der Waals surface area contributed by atoms with E-state index in [2.05, 4.69) is 5.32 Å². The summed E-state index contributed by atoms with van der Waals surface area (Å²) in [5, 5.41) is 3.76. The van der Waals surface area contributed by atoms with Gasteiger partial charge < -0.3 is 10.1 Å². The van der Waals surface area contributed by atoms with Gasteiger partial charge in [0.2, 0.25) is 5.91 Å². The van der Waals surface area contributed by atoms with Crippen LogP contribution < -0.4 is 10.1 Å². The van der Waals surface area contributed by atoms with Crippen molar-refractivity contribution >= 4 is 34.8 Å². The van der Waals surface area contributed by atoms with Crippen molar-refractivity contribution in [2.75, 3.05) is 12.4 Å². The Morgan fingerprint density at radius 1 is 1.10 bits per heavy atom. The van der Waals surface area contributed by atoms with Crippen LogP contribution in [0.25, 0.3) is 0 Å². The number of methoxy groups -OCH3 is 1. The number of halogens is 2. The highest BCUT2D eigenvalue weighted by Crippen LogP contribution is 2.25. The van der Waals surface area contributed by atoms with E-state index in [-0.39, 0.29) is 12.3 Å². The number of benzene rings is 2. The van der Waals surface area contributed by atoms with Gasteiger partial charge in [0.1, 0.15) is 5.75 Å². The first-order valence-corrected chi connectivity index (χ1v) is 6.72. The van der Waals surface area contributed by atoms with Gasteiger partial charge in [-0.25, -0.2) is 0 Å². The SMILES string of the molecule is COc1ccc(NC(=O)Cc2c(Cl)cccc2Cl)cc1. The molecule has 2 aromatic carbocycles. The van der Waals surface area contributed by atoms with Gasteiger partial charge in [0.15, 0.2) is 0 Å². The molecular weight excluding hydrogens is 297 g/mol. The van der Waals surface area contributed by atoms with Gasteiger partial charge in [-0.2, -0.15) is 0 Å². The number of rotatable bonds is 4. The molecule has 1 N–H and O–H groups in total. The minimum absolute atomic E-state index is 0.129. The summed E-state index contributed by atoms with van der Waals surface area (Å²) in [4.78, 5) is 12.0. The quantitative estimate of drug-likeness (QED) is 0.920. The summed E-state index contributed by atoms with van der Waals surface area (Å²) in [5.74, 6) is 0.558. The number of amides is 1. The third kappa shape index (κ3) is 3.65. The maximum Gasteiger partial charge on any atom is 0.228 e. The Morgan fingerprint density at radius 2 is 1.70 bits per heavy atom. The average Bonchev–Trinajstić information content (AvgIpc) is 2.44. The fourth-order valence-corrected chi connectivity index (χ4v) is 2.27. The van der Waals surface area contributed by atoms with Crippen LogP contribution in [0.15, 0.2) is 42.5 Å². The van der Waals surface area contributed by atoms with E-state index >= 15 is 0 Å². The molecule has 0 atom stereocenters. The molecule has 0 saturated heterocycles. The van der Waals surface area contributed by atoms with Crippen LogP contribution in [-0.2, 0) is 11.2 Å². The van der Waals surface area contributed by atoms with Crippen LogP contribution in [0, 0.1) is 0 Å². The molecule has 0 radical (unpaired) electrons. The van der Waals surface area contributed by atoms with Gasteiger partial charge in [-0.05, 0) is 42.0 Å². The highest BCUT2D eigenvalue weighted by atomic mass is 35.5. The summed E-state index contributed by atoms with van der Waals surface area (Å²) in [6, 6.07) is 12.3. The van der Waals surface area contributed by atoms with E-state index in [4.69, 9.17) is 27.9 Å². The highest BCUT2D eigenvalue weighted by molar-refractivity contribution is 6.36. The maximum atomic E-state index is 12.0. The number of ether oxygens (including phenoxy) is 1. The minimum atomic E-state index is -0.176. The van der Waals surface area contributed by atoms with Crippen molar-refractivity contribution in [3.63, 3.8) is 0 Å². The van der Waals surface area contributed by atoms with Crippen molar-refractivity contribution in [1.82, 2.24) is 0 Å². The lowest BCUT2D eigenvalue weighted by molar-refractivity contribution is -0.115. The summed E-state index contributed by atoms with van der Waals surface area (Å²) < 4.78 is 5.05. The Labute approximate surface area is 127 Å². The van der Waals surface area contributed by atoms with Crippen molar-refractivity contribution in [3.8, 4) is 5.75 Å². The number of hydrogen-bond acceptors (Lipinski definition) is 2. The third-order valence-corrected chi connectivity index (χ3v) is 3.48. The Bertz CT molecular complexity index is 592. The van der Waals surface area contributed by atoms with Crippen LogP contribution in [0.3, 0.4) is 0 Å². The molecule has 3 nitrogen and oxygen atoms in total. The van der Waals surface area contributed by atoms with Crippen LogP contribution >= 0.6 is 23.2 Å². The fraction of sp³-hybridized carbons (Fsp3) is 0.133. The van der Waals surface area contributed by atoms with E-state index in [9.17, 15) is 4.79 Å². The van der Waals surface area contributed by atoms with Crippen LogP contribution in [0.5, 0.6) is 5.75 Å². The molecule has 0 aliphatic carbocycles. The first kappa shape index (κ1) is 14.7. The van der Waals surface area contributed by atoms with Gasteiger partial charge in [0, 0.05) is 15.7 Å². The van der Waals surface area contributed by atoms with E-state index in [1.54, 1.807) is 49.6 Å². The second kappa shape index (κ2) is 6.64. The Kier molecular flexibility index (Phi) is 4.88. The predicted molar refractivity (Wildman–Crippen MR) is 81.8 cm³/mol. The largest absolute Gasteiger partial charge is 0.497 e. The van der Waals surface area contributed by atoms with Crippen LogP contribution in [0.2, 0.25) is 10.0 Å². The molecule has 2 rings (SSSR count). The zero-order chi connectivity index (χ0) is 14.5. The van der Waals surface area contributed by atoms with Crippen LogP contribution in [0.4, 0.5) is 5.69 Å². The average molecular weight is 310 g/mol. The molecular formula is C15H13Cl2NO2. The molecule has 1 amide bonds. The van der Waals surface area contributed by atoms with E-state index in [0.29, 0.717) is 21.3 Å². The van der Waals surface area contributed by atoms with Gasteiger partial charge >= 0.3 is 0 Å². The molecule has 0 fully saturated rings. The van der Waals surface area contributed by atoms with E-state index < -0.39 is 0 Å². The van der Waals surface area contributed by atoms with Gasteiger partial charge in [0.25, 0.3) is 0 Å². The summed E-state index contributed by atoms with van der Waals surface area (Å²) in [6.45, 7) is 0. The maximum absolute atomic E-state index is 12.0. The van der Waals surface area contributed by atoms with E-state index in [0.717, 1.165) is 5.75 Å². The molecule has 0 unspecified atom stereocenters. The molecule has 104 valence electrons. The Morgan fingerprint density at radius 3 is 2.25 bits per heavy atom. The molecule has 0 heterocycles. The normalized spacial score (nSPS) is 10.2. The third-order valence-electron chi connectivity index (χ3n) is 2.77. The van der Waals surface area contributed by atoms with Crippen molar-refractivity contribution < 1.29 is 9.53 Å². The van der Waals surface area contributed by atoms with Crippen molar-refractivity contribution in [2.24, 2.45) is 0 Å². The monoisotopic (exact) mass is 309 g/mol. The molecule has 5 heteroatoms. The first-order chi connectivity index (χ1) is 9.60. The second-order valence-electron chi connectivity index (χ2n) is 4.15. The smallest absolute Gasteiger partial charge is 0.228 e. The van der Waals surface area contributed by atoms with Crippen molar-refractivity contribution in [1.29, 1.82) is 0 Å². The lowest BCUT2D eigenvalue weighted by atomic mass is 10.1. The second-order valence-corrected chi connectivity index (χ2v) is 4.97. The zero-order valence-electron chi connectivity index (χ0n) is 10.8. The molecule has 0 aliphatic rings. The van der Waals surface area contributed by atoms with E-state index in [1.165, 1.54) is 0 Å². The van der Waals surface area contributed by atoms with Gasteiger partial charge in [0.05, 0.1) is 13.5 Å². The van der Waals surface area contributed by atoms with Crippen molar-refractivity contribution in [2.45, 2.75) is 6.42 Å². The minimum Gasteiger partial charge on any atom is -0.497 e. The highest BCUT2D eigenvalue weighted by Gasteiger charge is 2.11. The van der Waals surface area contributed by atoms with Gasteiger partial charge in [-0.3, -0.25) is 4.79 Å². The molecule has 0 spiro atoms. The molecule has 0 aromatic heterocycles. The Balaban J connectivity index is 2.05. The summed E-state index contributed by atoms with van der Waals surface area (Å²) in [6.07, 6.45) is 0.129. The van der Waals surface area contributed by atoms with Crippen LogP contribution in [0.1, 0.15) is 5.56 Å². The zero-order valence-corrected chi connectivity index (χ0v) is 12.3. The lowest BCUT2D eigenvalue weighted by Gasteiger charge is -2.08. The Hall–Kier alpha value is -1.71. The van der Waals surface area contributed by atoms with Crippen LogP contribution in [-0.4, -0.2) is 13.0 Å². The predicted octanol–water partition coefficient (Wildman–Crippen LogP) is 4.18. The summed E-state index contributed by atoms with van der Waals surface area (Å²) in [5.41, 5.74) is 1.32.